The topological polar surface area (TPSA) is 59.3 Å². The minimum absolute atomic E-state index is 0.0661. The van der Waals surface area contributed by atoms with Crippen molar-refractivity contribution in [2.45, 2.75) is 19.5 Å². The van der Waals surface area contributed by atoms with E-state index in [-0.39, 0.29) is 28.6 Å². The van der Waals surface area contributed by atoms with Gasteiger partial charge in [0.2, 0.25) is 5.91 Å². The van der Waals surface area contributed by atoms with Crippen LogP contribution in [-0.2, 0) is 17.4 Å². The maximum atomic E-state index is 13.5. The molecule has 2 aromatic heterocycles. The highest BCUT2D eigenvalue weighted by Crippen LogP contribution is 2.41. The summed E-state index contributed by atoms with van der Waals surface area (Å²) in [5.74, 6) is 0.101. The standard InChI is InChI=1S/C16H10ClF3N4O/c1-7-21-12-3-2-10(16(18,19)20)15(24(12)23-7)9-4-8-6-13(25)22-14(8)11(17)5-9/h2-5H,6H2,1H3,(H,22,25). The molecule has 0 bridgehead atoms. The van der Waals surface area contributed by atoms with Gasteiger partial charge in [0.25, 0.3) is 0 Å². The van der Waals surface area contributed by atoms with Gasteiger partial charge < -0.3 is 5.32 Å². The number of nitrogens with zero attached hydrogens (tertiary/aromatic N) is 3. The maximum Gasteiger partial charge on any atom is 0.418 e. The van der Waals surface area contributed by atoms with E-state index in [1.165, 1.54) is 18.2 Å². The van der Waals surface area contributed by atoms with Crippen molar-refractivity contribution in [1.82, 2.24) is 14.6 Å². The first-order valence-corrected chi connectivity index (χ1v) is 7.68. The van der Waals surface area contributed by atoms with Crippen molar-refractivity contribution in [3.63, 3.8) is 0 Å². The third kappa shape index (κ3) is 2.53. The van der Waals surface area contributed by atoms with Gasteiger partial charge in [-0.15, -0.1) is 0 Å². The van der Waals surface area contributed by atoms with E-state index >= 15 is 0 Å². The van der Waals surface area contributed by atoms with E-state index in [0.29, 0.717) is 22.7 Å². The van der Waals surface area contributed by atoms with Crippen molar-refractivity contribution in [1.29, 1.82) is 0 Å². The molecule has 4 rings (SSSR count). The van der Waals surface area contributed by atoms with Crippen LogP contribution in [0.1, 0.15) is 17.0 Å². The monoisotopic (exact) mass is 366 g/mol. The summed E-state index contributed by atoms with van der Waals surface area (Å²) in [5.41, 5.74) is 0.502. The second kappa shape index (κ2) is 5.19. The molecule has 0 atom stereocenters. The van der Waals surface area contributed by atoms with Crippen LogP contribution in [0.2, 0.25) is 5.02 Å². The molecule has 0 radical (unpaired) electrons. The summed E-state index contributed by atoms with van der Waals surface area (Å²) < 4.78 is 41.8. The number of nitrogens with one attached hydrogen (secondary N) is 1. The zero-order chi connectivity index (χ0) is 17.9. The van der Waals surface area contributed by atoms with Crippen molar-refractivity contribution in [3.05, 3.63) is 46.2 Å². The predicted octanol–water partition coefficient (Wildman–Crippen LogP) is 3.87. The number of aryl methyl sites for hydroxylation is 1. The van der Waals surface area contributed by atoms with Crippen LogP contribution in [-0.4, -0.2) is 20.5 Å². The van der Waals surface area contributed by atoms with Crippen LogP contribution in [0.3, 0.4) is 0 Å². The molecular weight excluding hydrogens is 357 g/mol. The smallest absolute Gasteiger partial charge is 0.324 e. The third-order valence-electron chi connectivity index (χ3n) is 3.97. The number of amides is 1. The van der Waals surface area contributed by atoms with E-state index in [4.69, 9.17) is 11.6 Å². The van der Waals surface area contributed by atoms with E-state index in [0.717, 1.165) is 10.6 Å². The van der Waals surface area contributed by atoms with Gasteiger partial charge in [0.05, 0.1) is 28.4 Å². The van der Waals surface area contributed by atoms with Crippen molar-refractivity contribution in [3.8, 4) is 11.3 Å². The molecule has 0 aliphatic carbocycles. The van der Waals surface area contributed by atoms with Crippen molar-refractivity contribution >= 4 is 28.8 Å². The van der Waals surface area contributed by atoms with E-state index in [1.807, 2.05) is 0 Å². The number of hydrogen-bond acceptors (Lipinski definition) is 3. The molecule has 0 fully saturated rings. The zero-order valence-corrected chi connectivity index (χ0v) is 13.5. The van der Waals surface area contributed by atoms with E-state index in [9.17, 15) is 18.0 Å². The quantitative estimate of drug-likeness (QED) is 0.711. The minimum Gasteiger partial charge on any atom is -0.324 e. The van der Waals surface area contributed by atoms with E-state index < -0.39 is 11.7 Å². The van der Waals surface area contributed by atoms with Crippen LogP contribution in [0.4, 0.5) is 18.9 Å². The molecule has 128 valence electrons. The first kappa shape index (κ1) is 15.9. The largest absolute Gasteiger partial charge is 0.418 e. The average Bonchev–Trinajstić information content (AvgIpc) is 3.06. The SMILES string of the molecule is Cc1nc2ccc(C(F)(F)F)c(-c3cc(Cl)c4c(c3)CC(=O)N4)n2n1. The molecule has 9 heteroatoms. The van der Waals surface area contributed by atoms with Crippen LogP contribution in [0.15, 0.2) is 24.3 Å². The fraction of sp³-hybridized carbons (Fsp3) is 0.188. The van der Waals surface area contributed by atoms with Crippen LogP contribution in [0.25, 0.3) is 16.9 Å². The van der Waals surface area contributed by atoms with Gasteiger partial charge in [-0.05, 0) is 36.8 Å². The summed E-state index contributed by atoms with van der Waals surface area (Å²) in [6, 6.07) is 5.17. The lowest BCUT2D eigenvalue weighted by Gasteiger charge is -2.15. The Morgan fingerprint density at radius 2 is 2.04 bits per heavy atom. The Bertz CT molecular complexity index is 1040. The fourth-order valence-electron chi connectivity index (χ4n) is 3.00. The molecule has 1 N–H and O–H groups in total. The number of hydrogen-bond donors (Lipinski definition) is 1. The molecule has 1 aliphatic heterocycles. The molecule has 0 saturated heterocycles. The molecule has 0 spiro atoms. The highest BCUT2D eigenvalue weighted by molar-refractivity contribution is 6.34. The van der Waals surface area contributed by atoms with Crippen molar-refractivity contribution < 1.29 is 18.0 Å². The van der Waals surface area contributed by atoms with E-state index in [2.05, 4.69) is 15.4 Å². The summed E-state index contributed by atoms with van der Waals surface area (Å²) in [7, 11) is 0. The number of halogens is 4. The van der Waals surface area contributed by atoms with Gasteiger partial charge in [0.1, 0.15) is 5.82 Å². The lowest BCUT2D eigenvalue weighted by molar-refractivity contribution is -0.137. The molecular formula is C16H10ClF3N4O. The second-order valence-corrected chi connectivity index (χ2v) is 6.15. The van der Waals surface area contributed by atoms with Gasteiger partial charge in [-0.1, -0.05) is 11.6 Å². The lowest BCUT2D eigenvalue weighted by Crippen LogP contribution is -2.11. The number of anilines is 1. The van der Waals surface area contributed by atoms with E-state index in [1.54, 1.807) is 6.92 Å². The number of rotatable bonds is 1. The predicted molar refractivity (Wildman–Crippen MR) is 85.5 cm³/mol. The molecule has 1 aliphatic rings. The van der Waals surface area contributed by atoms with Gasteiger partial charge in [0, 0.05) is 5.56 Å². The van der Waals surface area contributed by atoms with Crippen molar-refractivity contribution in [2.24, 2.45) is 0 Å². The zero-order valence-electron chi connectivity index (χ0n) is 12.8. The molecule has 1 amide bonds. The third-order valence-corrected chi connectivity index (χ3v) is 4.27. The molecule has 3 aromatic rings. The van der Waals surface area contributed by atoms with Crippen molar-refractivity contribution in [2.75, 3.05) is 5.32 Å². The Morgan fingerprint density at radius 3 is 2.76 bits per heavy atom. The van der Waals surface area contributed by atoms with Crippen LogP contribution >= 0.6 is 11.6 Å². The Morgan fingerprint density at radius 1 is 1.28 bits per heavy atom. The number of benzene rings is 1. The number of alkyl halides is 3. The number of carbonyl (C=O) groups excluding carboxylic acids is 1. The van der Waals surface area contributed by atoms with Gasteiger partial charge in [-0.2, -0.15) is 18.3 Å². The lowest BCUT2D eigenvalue weighted by atomic mass is 10.0. The highest BCUT2D eigenvalue weighted by atomic mass is 35.5. The van der Waals surface area contributed by atoms with Crippen LogP contribution in [0.5, 0.6) is 0 Å². The van der Waals surface area contributed by atoms with Gasteiger partial charge in [-0.25, -0.2) is 9.50 Å². The van der Waals surface area contributed by atoms with Gasteiger partial charge >= 0.3 is 6.18 Å². The molecule has 0 saturated carbocycles. The normalized spacial score (nSPS) is 14.0. The molecule has 1 aromatic carbocycles. The molecule has 3 heterocycles. The van der Waals surface area contributed by atoms with Crippen LogP contribution < -0.4 is 5.32 Å². The summed E-state index contributed by atoms with van der Waals surface area (Å²) in [6.07, 6.45) is -4.51. The van der Waals surface area contributed by atoms with Crippen LogP contribution in [0, 0.1) is 6.92 Å². The number of fused-ring (bicyclic) bond motifs is 2. The Hall–Kier alpha value is -2.61. The summed E-state index contributed by atoms with van der Waals surface area (Å²) in [6.45, 7) is 1.60. The first-order chi connectivity index (χ1) is 11.7. The summed E-state index contributed by atoms with van der Waals surface area (Å²) >= 11 is 6.17. The molecule has 25 heavy (non-hydrogen) atoms. The summed E-state index contributed by atoms with van der Waals surface area (Å²) in [4.78, 5) is 15.7. The Balaban J connectivity index is 2.05. The summed E-state index contributed by atoms with van der Waals surface area (Å²) in [5, 5.41) is 6.87. The van der Waals surface area contributed by atoms with Gasteiger partial charge in [-0.3, -0.25) is 4.79 Å². The Labute approximate surface area is 144 Å². The maximum absolute atomic E-state index is 13.5. The highest BCUT2D eigenvalue weighted by Gasteiger charge is 2.36. The number of aromatic nitrogens is 3. The number of carbonyl (C=O) groups is 1. The molecule has 0 unspecified atom stereocenters. The average molecular weight is 367 g/mol. The molecule has 5 nitrogen and oxygen atoms in total. The minimum atomic E-state index is -4.58. The second-order valence-electron chi connectivity index (χ2n) is 5.74. The Kier molecular flexibility index (Phi) is 3.30. The fourth-order valence-corrected chi connectivity index (χ4v) is 3.28. The number of pyridine rings is 1. The van der Waals surface area contributed by atoms with Gasteiger partial charge in [0.15, 0.2) is 5.65 Å². The first-order valence-electron chi connectivity index (χ1n) is 7.30.